The lowest BCUT2D eigenvalue weighted by Gasteiger charge is -2.44. The summed E-state index contributed by atoms with van der Waals surface area (Å²) < 4.78 is 77.1. The number of piperazine rings is 2. The molecule has 2 aliphatic heterocycles. The van der Waals surface area contributed by atoms with Crippen LogP contribution in [0.1, 0.15) is 59.5 Å². The van der Waals surface area contributed by atoms with Crippen molar-refractivity contribution in [1.29, 1.82) is 0 Å². The number of benzene rings is 2. The lowest BCUT2D eigenvalue weighted by molar-refractivity contribution is 0.0286. The van der Waals surface area contributed by atoms with Gasteiger partial charge in [0.25, 0.3) is 5.91 Å². The van der Waals surface area contributed by atoms with Gasteiger partial charge in [-0.25, -0.2) is 13.6 Å². The second-order valence-corrected chi connectivity index (χ2v) is 13.2. The molecule has 15 heteroatoms. The van der Waals surface area contributed by atoms with Gasteiger partial charge in [0.1, 0.15) is 17.2 Å². The van der Waals surface area contributed by atoms with Gasteiger partial charge < -0.3 is 15.3 Å². The number of aromatic nitrogens is 2. The molecule has 2 aliphatic rings. The molecule has 2 saturated heterocycles. The van der Waals surface area contributed by atoms with Gasteiger partial charge in [-0.2, -0.15) is 27.5 Å². The normalized spacial score (nSPS) is 20.5. The van der Waals surface area contributed by atoms with E-state index in [2.05, 4.69) is 38.9 Å². The number of pyridine rings is 2. The Kier molecular flexibility index (Phi) is 14.5. The Morgan fingerprint density at radius 1 is 0.642 bits per heavy atom. The molecule has 9 nitrogen and oxygen atoms in total. The van der Waals surface area contributed by atoms with Gasteiger partial charge in [-0.3, -0.25) is 14.6 Å². The summed E-state index contributed by atoms with van der Waals surface area (Å²) in [5, 5.41) is 11.7. The molecule has 0 spiro atoms. The first kappa shape index (κ1) is 40.9. The summed E-state index contributed by atoms with van der Waals surface area (Å²) in [4.78, 5) is 34.8. The number of carboxylic acid groups (broad SMARTS) is 1. The number of carbonyl (C=O) groups is 2. The fraction of sp³-hybridized carbons (Fsp3) is 0.368. The minimum atomic E-state index is -1.46. The van der Waals surface area contributed by atoms with E-state index in [4.69, 9.17) is 5.11 Å². The van der Waals surface area contributed by atoms with E-state index < -0.39 is 41.2 Å². The van der Waals surface area contributed by atoms with Crippen molar-refractivity contribution < 1.29 is 41.0 Å². The second-order valence-electron chi connectivity index (χ2n) is 13.2. The topological polar surface area (TPSA) is 102 Å². The molecule has 6 rings (SSSR count). The first-order valence-electron chi connectivity index (χ1n) is 17.0. The third-order valence-electron chi connectivity index (χ3n) is 8.96. The minimum Gasteiger partial charge on any atom is -0.478 e. The third kappa shape index (κ3) is 11.8. The van der Waals surface area contributed by atoms with Gasteiger partial charge in [-0.15, -0.1) is 0 Å². The van der Waals surface area contributed by atoms with Crippen LogP contribution in [0.5, 0.6) is 0 Å². The van der Waals surface area contributed by atoms with Gasteiger partial charge in [0, 0.05) is 63.4 Å². The average molecular weight is 745 g/mol. The molecular formula is C38H42F6N6O3. The Morgan fingerprint density at radius 3 is 1.58 bits per heavy atom. The van der Waals surface area contributed by atoms with E-state index in [-0.39, 0.29) is 29.3 Å². The van der Waals surface area contributed by atoms with Crippen molar-refractivity contribution in [3.05, 3.63) is 130 Å². The van der Waals surface area contributed by atoms with Crippen molar-refractivity contribution in [2.45, 2.75) is 65.0 Å². The second kappa shape index (κ2) is 18.8. The molecule has 0 saturated carbocycles. The fourth-order valence-electron chi connectivity index (χ4n) is 5.97. The van der Waals surface area contributed by atoms with Crippen LogP contribution in [0.3, 0.4) is 0 Å². The molecule has 1 amide bonds. The van der Waals surface area contributed by atoms with Crippen LogP contribution >= 0.6 is 0 Å². The Labute approximate surface area is 304 Å². The van der Waals surface area contributed by atoms with Crippen molar-refractivity contribution in [2.24, 2.45) is 0 Å². The van der Waals surface area contributed by atoms with Crippen LogP contribution in [0.4, 0.5) is 26.3 Å². The first-order chi connectivity index (χ1) is 25.1. The van der Waals surface area contributed by atoms with Gasteiger partial charge >= 0.3 is 5.97 Å². The van der Waals surface area contributed by atoms with E-state index >= 15 is 0 Å². The molecule has 4 aromatic rings. The maximum atomic E-state index is 13.8. The SMILES string of the molecule is C[C@@H]1CN(Cc2ccc(F)cc2)[C@@H](C)CN1.C[C@@H]1CN(Cc2ccc(F)cc2)[C@@H](C)CN1C(=O)c1ccc(F)nc1F.O=C(O)c1ccc(F)nc1F. The van der Waals surface area contributed by atoms with Gasteiger partial charge in [-0.05, 0) is 87.4 Å². The molecule has 4 atom stereocenters. The number of nitrogens with zero attached hydrogens (tertiary/aromatic N) is 5. The maximum Gasteiger partial charge on any atom is 0.340 e. The molecule has 2 fully saturated rings. The molecule has 53 heavy (non-hydrogen) atoms. The third-order valence-corrected chi connectivity index (χ3v) is 8.96. The average Bonchev–Trinajstić information content (AvgIpc) is 3.10. The highest BCUT2D eigenvalue weighted by molar-refractivity contribution is 5.94. The van der Waals surface area contributed by atoms with Crippen molar-refractivity contribution in [3.8, 4) is 0 Å². The van der Waals surface area contributed by atoms with Gasteiger partial charge in [0.15, 0.2) is 0 Å². The highest BCUT2D eigenvalue weighted by Crippen LogP contribution is 2.21. The van der Waals surface area contributed by atoms with E-state index in [0.29, 0.717) is 31.7 Å². The number of rotatable bonds is 6. The van der Waals surface area contributed by atoms with Crippen LogP contribution in [0.2, 0.25) is 0 Å². The number of aromatic carboxylic acids is 1. The molecule has 0 radical (unpaired) electrons. The quantitative estimate of drug-likeness (QED) is 0.175. The van der Waals surface area contributed by atoms with Crippen molar-refractivity contribution in [3.63, 3.8) is 0 Å². The van der Waals surface area contributed by atoms with Crippen LogP contribution in [0, 0.1) is 35.4 Å². The molecule has 0 bridgehead atoms. The molecule has 0 unspecified atom stereocenters. The Hall–Kier alpha value is -4.86. The standard InChI is InChI=1S/C19H20F3N3O.C13H19FN2.C6H3F2NO2/c1-12-10-25(19(26)16-7-8-17(21)23-18(16)22)13(2)9-24(12)11-14-3-5-15(20)6-4-14;1-10-8-16(11(2)7-15-10)9-12-3-5-13(14)6-4-12;7-4-2-1-3(6(10)11)5(8)9-4/h3-8,12-13H,9-11H2,1-2H3;3-6,10-11,15H,7-9H2,1-2H3;1-2H,(H,10,11)/t12-,13+;10-,11+;/m01./s1. The Balaban J connectivity index is 0.000000197. The zero-order chi connectivity index (χ0) is 38.8. The lowest BCUT2D eigenvalue weighted by atomic mass is 10.1. The van der Waals surface area contributed by atoms with Crippen molar-refractivity contribution >= 4 is 11.9 Å². The summed E-state index contributed by atoms with van der Waals surface area (Å²) >= 11 is 0. The molecule has 0 aliphatic carbocycles. The number of hydrogen-bond acceptors (Lipinski definition) is 7. The van der Waals surface area contributed by atoms with E-state index in [1.54, 1.807) is 17.0 Å². The lowest BCUT2D eigenvalue weighted by Crippen LogP contribution is -2.57. The first-order valence-corrected chi connectivity index (χ1v) is 17.0. The largest absolute Gasteiger partial charge is 0.478 e. The van der Waals surface area contributed by atoms with Crippen LogP contribution in [-0.2, 0) is 13.1 Å². The zero-order valence-electron chi connectivity index (χ0n) is 29.7. The predicted molar refractivity (Wildman–Crippen MR) is 186 cm³/mol. The van der Waals surface area contributed by atoms with Crippen LogP contribution in [0.25, 0.3) is 0 Å². The number of halogens is 6. The summed E-state index contributed by atoms with van der Waals surface area (Å²) in [6.45, 7) is 12.9. The smallest absolute Gasteiger partial charge is 0.340 e. The highest BCUT2D eigenvalue weighted by Gasteiger charge is 2.33. The van der Waals surface area contributed by atoms with E-state index in [1.165, 1.54) is 29.8 Å². The summed E-state index contributed by atoms with van der Waals surface area (Å²) in [5.41, 5.74) is 1.31. The van der Waals surface area contributed by atoms with E-state index in [9.17, 15) is 35.9 Å². The number of amides is 1. The number of carboxylic acids is 1. The number of hydrogen-bond donors (Lipinski definition) is 2. The van der Waals surface area contributed by atoms with Gasteiger partial charge in [0.05, 0.1) is 5.56 Å². The summed E-state index contributed by atoms with van der Waals surface area (Å²) in [5.74, 6) is -6.78. The van der Waals surface area contributed by atoms with E-state index in [0.717, 1.165) is 49.5 Å². The monoisotopic (exact) mass is 744 g/mol. The summed E-state index contributed by atoms with van der Waals surface area (Å²) in [6.07, 6.45) is 0. The van der Waals surface area contributed by atoms with Gasteiger partial charge in [-0.1, -0.05) is 24.3 Å². The molecule has 2 aromatic carbocycles. The molecule has 2 aromatic heterocycles. The predicted octanol–water partition coefficient (Wildman–Crippen LogP) is 6.30. The van der Waals surface area contributed by atoms with Crippen LogP contribution in [0.15, 0.2) is 72.8 Å². The maximum absolute atomic E-state index is 13.8. The Bertz CT molecular complexity index is 1830. The minimum absolute atomic E-state index is 0.0386. The summed E-state index contributed by atoms with van der Waals surface area (Å²) in [6, 6.07) is 17.8. The van der Waals surface area contributed by atoms with Crippen LogP contribution in [-0.4, -0.2) is 92.0 Å². The summed E-state index contributed by atoms with van der Waals surface area (Å²) in [7, 11) is 0. The zero-order valence-corrected chi connectivity index (χ0v) is 29.7. The molecule has 284 valence electrons. The van der Waals surface area contributed by atoms with Crippen molar-refractivity contribution in [1.82, 2.24) is 30.0 Å². The van der Waals surface area contributed by atoms with Gasteiger partial charge in [0.2, 0.25) is 23.8 Å². The van der Waals surface area contributed by atoms with Crippen molar-refractivity contribution in [2.75, 3.05) is 26.2 Å². The number of nitrogens with one attached hydrogen (secondary N) is 1. The fourth-order valence-corrected chi connectivity index (χ4v) is 5.97. The molecular weight excluding hydrogens is 702 g/mol. The van der Waals surface area contributed by atoms with E-state index in [1.807, 2.05) is 26.0 Å². The highest BCUT2D eigenvalue weighted by atomic mass is 19.2. The number of carbonyl (C=O) groups excluding carboxylic acids is 1. The van der Waals surface area contributed by atoms with Crippen LogP contribution < -0.4 is 5.32 Å². The Morgan fingerprint density at radius 2 is 1.11 bits per heavy atom. The molecule has 2 N–H and O–H groups in total. The molecule has 4 heterocycles.